The average molecular weight is 1070 g/mol. The van der Waals surface area contributed by atoms with Gasteiger partial charge in [-0.3, -0.25) is 38.5 Å². The normalized spacial score (nSPS) is 20.4. The van der Waals surface area contributed by atoms with E-state index in [0.717, 1.165) is 58.2 Å². The summed E-state index contributed by atoms with van der Waals surface area (Å²) in [5.41, 5.74) is 3.90. The zero-order valence-corrected chi connectivity index (χ0v) is 46.3. The highest BCUT2D eigenvalue weighted by Crippen LogP contribution is 2.39. The summed E-state index contributed by atoms with van der Waals surface area (Å²) in [6.07, 6.45) is 2.79. The Morgan fingerprint density at radius 3 is 2.00 bits per heavy atom. The Hall–Kier alpha value is -5.93. The number of carbonyl (C=O) groups is 7. The van der Waals surface area contributed by atoms with Crippen LogP contribution >= 0.6 is 11.8 Å². The SMILES string of the molecule is CN[C@@H](C)C(=O)N[C@H](C(=O)N1C[C@@H](c2ccc3c(c2)CN(C(=O)[C@@H](NC(=O)[C@H](C)NC)C(C)(C)SCC(=O)N(CO)CO)[C@H](C(=O)N[C@H](C)c2ccccc2F)C3)C[C@H]1C(=O)N[C@@H]1CCCc2ccccc21)C(C)(C)C. The Balaban J connectivity index is 1.39. The summed E-state index contributed by atoms with van der Waals surface area (Å²) in [5, 5.41) is 37.2. The van der Waals surface area contributed by atoms with E-state index in [4.69, 9.17) is 0 Å². The number of nitrogens with one attached hydrogen (secondary N) is 6. The van der Waals surface area contributed by atoms with Gasteiger partial charge in [-0.2, -0.15) is 0 Å². The summed E-state index contributed by atoms with van der Waals surface area (Å²) in [6.45, 7) is 12.4. The fourth-order valence-electron chi connectivity index (χ4n) is 10.2. The zero-order valence-electron chi connectivity index (χ0n) is 45.5. The maximum Gasteiger partial charge on any atom is 0.247 e. The Morgan fingerprint density at radius 2 is 1.37 bits per heavy atom. The van der Waals surface area contributed by atoms with E-state index >= 15 is 14.0 Å². The van der Waals surface area contributed by atoms with Crippen LogP contribution in [0.2, 0.25) is 0 Å². The summed E-state index contributed by atoms with van der Waals surface area (Å²) in [6, 6.07) is 13.0. The van der Waals surface area contributed by atoms with Crippen molar-refractivity contribution in [3.8, 4) is 0 Å². The number of aliphatic hydroxyl groups excluding tert-OH is 2. The van der Waals surface area contributed by atoms with Crippen molar-refractivity contribution in [1.82, 2.24) is 46.6 Å². The van der Waals surface area contributed by atoms with Crippen LogP contribution in [-0.2, 0) is 52.9 Å². The van der Waals surface area contributed by atoms with Gasteiger partial charge in [0.05, 0.1) is 29.9 Å². The molecule has 0 radical (unpaired) electrons. The van der Waals surface area contributed by atoms with Gasteiger partial charge in [0.15, 0.2) is 0 Å². The number of rotatable bonds is 20. The van der Waals surface area contributed by atoms with Crippen molar-refractivity contribution < 1.29 is 48.2 Å². The van der Waals surface area contributed by atoms with Crippen LogP contribution in [0, 0.1) is 11.2 Å². The highest BCUT2D eigenvalue weighted by atomic mass is 32.2. The van der Waals surface area contributed by atoms with Crippen molar-refractivity contribution in [2.45, 2.75) is 153 Å². The molecule has 1 fully saturated rings. The first-order valence-electron chi connectivity index (χ1n) is 26.2. The van der Waals surface area contributed by atoms with Crippen LogP contribution in [0.1, 0.15) is 126 Å². The highest BCUT2D eigenvalue weighted by molar-refractivity contribution is 8.01. The van der Waals surface area contributed by atoms with E-state index < -0.39 is 101 Å². The number of likely N-dealkylation sites (N-methyl/N-ethyl adjacent to an activating group) is 2. The zero-order chi connectivity index (χ0) is 55.8. The summed E-state index contributed by atoms with van der Waals surface area (Å²) in [4.78, 5) is 104. The molecule has 1 aliphatic carbocycles. The van der Waals surface area contributed by atoms with Gasteiger partial charge in [-0.25, -0.2) is 4.39 Å². The molecule has 0 saturated carbocycles. The van der Waals surface area contributed by atoms with Gasteiger partial charge in [-0.15, -0.1) is 11.8 Å². The predicted molar refractivity (Wildman–Crippen MR) is 288 cm³/mol. The van der Waals surface area contributed by atoms with Crippen molar-refractivity contribution in [3.63, 3.8) is 0 Å². The first-order valence-corrected chi connectivity index (χ1v) is 27.2. The third-order valence-electron chi connectivity index (χ3n) is 15.3. The molecular weight excluding hydrogens is 994 g/mol. The fourth-order valence-corrected chi connectivity index (χ4v) is 11.2. The summed E-state index contributed by atoms with van der Waals surface area (Å²) in [5.74, 6) is -4.61. The summed E-state index contributed by atoms with van der Waals surface area (Å²) in [7, 11) is 3.25. The smallest absolute Gasteiger partial charge is 0.247 e. The molecule has 2 heterocycles. The van der Waals surface area contributed by atoms with E-state index in [0.29, 0.717) is 5.56 Å². The number of thioether (sulfide) groups is 1. The van der Waals surface area contributed by atoms with Crippen LogP contribution in [0.3, 0.4) is 0 Å². The maximum absolute atomic E-state index is 15.5. The van der Waals surface area contributed by atoms with Crippen LogP contribution in [0.15, 0.2) is 66.7 Å². The number of aryl methyl sites for hydroxylation is 1. The third kappa shape index (κ3) is 13.8. The molecule has 0 unspecified atom stereocenters. The minimum Gasteiger partial charge on any atom is -0.376 e. The van der Waals surface area contributed by atoms with Crippen LogP contribution in [0.4, 0.5) is 4.39 Å². The number of fused-ring (bicyclic) bond motifs is 2. The van der Waals surface area contributed by atoms with Gasteiger partial charge in [0.1, 0.15) is 43.4 Å². The highest BCUT2D eigenvalue weighted by Gasteiger charge is 2.48. The standard InChI is InChI=1S/C56H78FN9O9S/c1-32(40-18-13-14-20-42(40)57)60-51(72)44-25-37-23-22-36(24-38(37)27-66(44)54(75)48(63-50(71)34(3)59-10)56(7,8)76-29-46(69)64(30-67)31-68)39-26-45(52(73)61-43-21-15-17-35-16-11-12-19-41(35)43)65(28-39)53(74)47(55(4,5)6)62-49(70)33(2)58-9/h11-14,16,18-20,22-24,32-34,39,43-45,47-48,58-59,67-68H,15,17,21,25-31H2,1-10H3,(H,60,72)(H,61,73)(H,62,70)(H,63,71)/t32-,33+,34+,39+,43-,44+,45+,47-,48-/m1/s1. The van der Waals surface area contributed by atoms with E-state index in [-0.39, 0.29) is 61.0 Å². The molecule has 6 rings (SSSR count). The van der Waals surface area contributed by atoms with Crippen molar-refractivity contribution >= 4 is 53.1 Å². The minimum atomic E-state index is -1.34. The molecule has 414 valence electrons. The Bertz CT molecular complexity index is 2610. The Morgan fingerprint density at radius 1 is 0.750 bits per heavy atom. The molecule has 76 heavy (non-hydrogen) atoms. The lowest BCUT2D eigenvalue weighted by atomic mass is 9.85. The number of amides is 7. The van der Waals surface area contributed by atoms with E-state index in [9.17, 15) is 34.2 Å². The van der Waals surface area contributed by atoms with Crippen LogP contribution < -0.4 is 31.9 Å². The van der Waals surface area contributed by atoms with E-state index in [1.54, 1.807) is 71.8 Å². The number of likely N-dealkylation sites (tertiary alicyclic amines) is 1. The molecular formula is C56H78FN9O9S. The Kier molecular flexibility index (Phi) is 19.9. The van der Waals surface area contributed by atoms with E-state index in [1.165, 1.54) is 11.0 Å². The molecule has 20 heteroatoms. The largest absolute Gasteiger partial charge is 0.376 e. The van der Waals surface area contributed by atoms with Crippen LogP contribution in [-0.4, -0.2) is 147 Å². The fraction of sp³-hybridized carbons (Fsp3) is 0.554. The number of benzene rings is 3. The second-order valence-corrected chi connectivity index (χ2v) is 23.6. The summed E-state index contributed by atoms with van der Waals surface area (Å²) >= 11 is 1.02. The van der Waals surface area contributed by atoms with Gasteiger partial charge in [-0.05, 0) is 114 Å². The predicted octanol–water partition coefficient (Wildman–Crippen LogP) is 3.31. The molecule has 0 bridgehead atoms. The molecule has 3 aromatic rings. The monoisotopic (exact) mass is 1070 g/mol. The van der Waals surface area contributed by atoms with E-state index in [1.807, 2.05) is 57.2 Å². The van der Waals surface area contributed by atoms with Gasteiger partial charge >= 0.3 is 0 Å². The number of carbonyl (C=O) groups excluding carboxylic acids is 7. The van der Waals surface area contributed by atoms with E-state index in [2.05, 4.69) is 38.0 Å². The van der Waals surface area contributed by atoms with Gasteiger partial charge in [-0.1, -0.05) is 81.4 Å². The van der Waals surface area contributed by atoms with Crippen LogP contribution in [0.5, 0.6) is 0 Å². The number of nitrogens with zero attached hydrogens (tertiary/aromatic N) is 3. The average Bonchev–Trinajstić information content (AvgIpc) is 3.86. The quantitative estimate of drug-likeness (QED) is 0.0761. The number of hydrogen-bond donors (Lipinski definition) is 8. The van der Waals surface area contributed by atoms with Crippen LogP contribution in [0.25, 0.3) is 0 Å². The molecule has 0 aromatic heterocycles. The first kappa shape index (κ1) is 59.3. The molecule has 0 spiro atoms. The maximum atomic E-state index is 15.5. The molecule has 1 saturated heterocycles. The lowest BCUT2D eigenvalue weighted by molar-refractivity contribution is -0.145. The van der Waals surface area contributed by atoms with Crippen molar-refractivity contribution in [3.05, 3.63) is 106 Å². The van der Waals surface area contributed by atoms with Gasteiger partial charge < -0.3 is 51.9 Å². The molecule has 2 aliphatic heterocycles. The molecule has 18 nitrogen and oxygen atoms in total. The van der Waals surface area contributed by atoms with Crippen molar-refractivity contribution in [2.24, 2.45) is 5.41 Å². The number of hydrogen-bond acceptors (Lipinski definition) is 12. The van der Waals surface area contributed by atoms with Crippen molar-refractivity contribution in [1.29, 1.82) is 0 Å². The molecule has 9 atom stereocenters. The molecule has 3 aliphatic rings. The topological polar surface area (TPSA) is 242 Å². The molecule has 8 N–H and O–H groups in total. The third-order valence-corrected chi connectivity index (χ3v) is 16.6. The number of halogens is 1. The lowest BCUT2D eigenvalue weighted by Gasteiger charge is -2.42. The van der Waals surface area contributed by atoms with Gasteiger partial charge in [0.2, 0.25) is 41.4 Å². The summed E-state index contributed by atoms with van der Waals surface area (Å²) < 4.78 is 13.8. The second-order valence-electron chi connectivity index (χ2n) is 21.9. The lowest BCUT2D eigenvalue weighted by Crippen LogP contribution is -2.63. The molecule has 7 amide bonds. The first-order chi connectivity index (χ1) is 35.9. The minimum absolute atomic E-state index is 0.0277. The second kappa shape index (κ2) is 25.5. The number of aliphatic hydroxyl groups is 2. The van der Waals surface area contributed by atoms with Gasteiger partial charge in [0, 0.05) is 35.7 Å². The van der Waals surface area contributed by atoms with Crippen molar-refractivity contribution in [2.75, 3.05) is 39.9 Å². The van der Waals surface area contributed by atoms with Gasteiger partial charge in [0.25, 0.3) is 0 Å². The molecule has 3 aromatic carbocycles. The Labute approximate surface area is 450 Å².